The van der Waals surface area contributed by atoms with E-state index in [2.05, 4.69) is 15.0 Å². The lowest BCUT2D eigenvalue weighted by molar-refractivity contribution is -0.107. The van der Waals surface area contributed by atoms with Crippen LogP contribution in [0.3, 0.4) is 0 Å². The van der Waals surface area contributed by atoms with Crippen LogP contribution in [0.25, 0.3) is 11.0 Å². The van der Waals surface area contributed by atoms with E-state index in [9.17, 15) is 4.79 Å². The SMILES string of the molecule is CCN(C=O)c1c(OC)ccnc1N(C)C1=CC=C(Oc2nc3ccccc3[nH]2)CC=C1. The number of carbonyl (C=O) groups is 1. The Bertz CT molecular complexity index is 1180. The van der Waals surface area contributed by atoms with Crippen LogP contribution in [0.2, 0.25) is 0 Å². The summed E-state index contributed by atoms with van der Waals surface area (Å²) in [6.45, 7) is 2.40. The maximum absolute atomic E-state index is 11.7. The maximum atomic E-state index is 11.7. The number of aromatic nitrogens is 3. The Balaban J connectivity index is 1.62. The Labute approximate surface area is 186 Å². The third-order valence-electron chi connectivity index (χ3n) is 5.19. The van der Waals surface area contributed by atoms with E-state index in [1.54, 1.807) is 24.3 Å². The zero-order chi connectivity index (χ0) is 22.5. The van der Waals surface area contributed by atoms with Gasteiger partial charge in [0.05, 0.1) is 18.1 Å². The molecule has 8 heteroatoms. The van der Waals surface area contributed by atoms with Crippen molar-refractivity contribution < 1.29 is 14.3 Å². The number of nitrogens with zero attached hydrogens (tertiary/aromatic N) is 4. The first-order chi connectivity index (χ1) is 15.6. The maximum Gasteiger partial charge on any atom is 0.299 e. The number of pyridine rings is 1. The molecule has 3 aromatic rings. The van der Waals surface area contributed by atoms with E-state index >= 15 is 0 Å². The Morgan fingerprint density at radius 1 is 1.22 bits per heavy atom. The van der Waals surface area contributed by atoms with E-state index in [0.717, 1.165) is 28.9 Å². The molecule has 32 heavy (non-hydrogen) atoms. The average Bonchev–Trinajstić information content (AvgIpc) is 3.09. The number of methoxy groups -OCH3 is 1. The Hall–Kier alpha value is -4.07. The third kappa shape index (κ3) is 4.20. The second-order valence-electron chi connectivity index (χ2n) is 7.13. The van der Waals surface area contributed by atoms with Gasteiger partial charge in [-0.3, -0.25) is 4.79 Å². The fourth-order valence-corrected chi connectivity index (χ4v) is 3.51. The molecule has 0 saturated heterocycles. The van der Waals surface area contributed by atoms with Crippen LogP contribution in [0.1, 0.15) is 13.3 Å². The van der Waals surface area contributed by atoms with Crippen LogP contribution in [-0.2, 0) is 4.79 Å². The molecule has 1 N–H and O–H groups in total. The normalized spacial score (nSPS) is 13.2. The van der Waals surface area contributed by atoms with Gasteiger partial charge >= 0.3 is 0 Å². The molecule has 0 unspecified atom stereocenters. The predicted octanol–water partition coefficient (Wildman–Crippen LogP) is 4.19. The highest BCUT2D eigenvalue weighted by Gasteiger charge is 2.21. The van der Waals surface area contributed by atoms with E-state index in [-0.39, 0.29) is 0 Å². The second kappa shape index (κ2) is 9.38. The molecule has 2 heterocycles. The minimum Gasteiger partial charge on any atom is -0.494 e. The van der Waals surface area contributed by atoms with E-state index in [1.165, 1.54) is 0 Å². The van der Waals surface area contributed by atoms with Crippen molar-refractivity contribution in [3.05, 3.63) is 72.3 Å². The summed E-state index contributed by atoms with van der Waals surface area (Å²) in [7, 11) is 3.48. The van der Waals surface area contributed by atoms with Crippen LogP contribution < -0.4 is 19.3 Å². The number of rotatable bonds is 8. The average molecular weight is 431 g/mol. The summed E-state index contributed by atoms with van der Waals surface area (Å²) >= 11 is 0. The number of anilines is 2. The number of nitrogens with one attached hydrogen (secondary N) is 1. The molecule has 1 aliphatic rings. The molecule has 0 atom stereocenters. The standard InChI is InChI=1S/C24H25N5O3/c1-4-29(16-30)22-21(31-3)14-15-25-23(22)28(2)17-8-7-9-18(13-12-17)32-24-26-19-10-5-6-11-20(19)27-24/h5-8,10-16H,4,9H2,1-3H3,(H,26,27). The Kier molecular flexibility index (Phi) is 6.21. The number of benzene rings is 1. The zero-order valence-corrected chi connectivity index (χ0v) is 18.3. The number of imidazole rings is 1. The molecule has 1 aromatic carbocycles. The number of hydrogen-bond acceptors (Lipinski definition) is 6. The molecule has 0 fully saturated rings. The summed E-state index contributed by atoms with van der Waals surface area (Å²) in [5, 5.41) is 0. The first-order valence-electron chi connectivity index (χ1n) is 10.3. The van der Waals surface area contributed by atoms with Gasteiger partial charge < -0.3 is 24.3 Å². The quantitative estimate of drug-likeness (QED) is 0.539. The smallest absolute Gasteiger partial charge is 0.299 e. The predicted molar refractivity (Wildman–Crippen MR) is 125 cm³/mol. The molecule has 1 amide bonds. The van der Waals surface area contributed by atoms with Gasteiger partial charge in [0.1, 0.15) is 17.2 Å². The number of carbonyl (C=O) groups excluding carboxylic acids is 1. The van der Waals surface area contributed by atoms with Gasteiger partial charge in [0, 0.05) is 38.0 Å². The molecule has 0 saturated carbocycles. The highest BCUT2D eigenvalue weighted by molar-refractivity contribution is 5.87. The molecule has 4 rings (SSSR count). The van der Waals surface area contributed by atoms with Gasteiger partial charge in [0.2, 0.25) is 6.41 Å². The molecule has 0 bridgehead atoms. The van der Waals surface area contributed by atoms with Gasteiger partial charge in [-0.25, -0.2) is 4.98 Å². The van der Waals surface area contributed by atoms with Crippen LogP contribution in [0.15, 0.2) is 72.3 Å². The summed E-state index contributed by atoms with van der Waals surface area (Å²) in [5.74, 6) is 1.95. The Morgan fingerprint density at radius 3 is 2.81 bits per heavy atom. The van der Waals surface area contributed by atoms with Crippen molar-refractivity contribution in [2.24, 2.45) is 0 Å². The van der Waals surface area contributed by atoms with E-state index in [4.69, 9.17) is 9.47 Å². The van der Waals surface area contributed by atoms with Crippen molar-refractivity contribution >= 4 is 28.9 Å². The topological polar surface area (TPSA) is 83.6 Å². The molecule has 8 nitrogen and oxygen atoms in total. The van der Waals surface area contributed by atoms with Gasteiger partial charge in [0.25, 0.3) is 6.01 Å². The monoisotopic (exact) mass is 431 g/mol. The van der Waals surface area contributed by atoms with Gasteiger partial charge in [0.15, 0.2) is 5.82 Å². The van der Waals surface area contributed by atoms with Gasteiger partial charge in [-0.05, 0) is 37.3 Å². The van der Waals surface area contributed by atoms with Crippen LogP contribution in [-0.4, -0.2) is 42.1 Å². The van der Waals surface area contributed by atoms with Crippen molar-refractivity contribution in [2.75, 3.05) is 30.5 Å². The number of amides is 1. The van der Waals surface area contributed by atoms with Gasteiger partial charge in [-0.1, -0.05) is 18.2 Å². The second-order valence-corrected chi connectivity index (χ2v) is 7.13. The van der Waals surface area contributed by atoms with Crippen molar-refractivity contribution in [3.63, 3.8) is 0 Å². The number of likely N-dealkylation sites (N-methyl/N-ethyl adjacent to an activating group) is 1. The largest absolute Gasteiger partial charge is 0.494 e. The number of hydrogen-bond donors (Lipinski definition) is 1. The summed E-state index contributed by atoms with van der Waals surface area (Å²) in [5.41, 5.74) is 3.29. The highest BCUT2D eigenvalue weighted by atomic mass is 16.5. The number of fused-ring (bicyclic) bond motifs is 1. The van der Waals surface area contributed by atoms with E-state index in [0.29, 0.717) is 36.2 Å². The molecule has 0 radical (unpaired) electrons. The first-order valence-corrected chi connectivity index (χ1v) is 10.3. The number of allylic oxidation sites excluding steroid dienone is 4. The van der Waals surface area contributed by atoms with Gasteiger partial charge in [-0.15, -0.1) is 0 Å². The number of aromatic amines is 1. The summed E-state index contributed by atoms with van der Waals surface area (Å²) < 4.78 is 11.5. The molecule has 0 aliphatic heterocycles. The van der Waals surface area contributed by atoms with E-state index < -0.39 is 0 Å². The number of ether oxygens (including phenoxy) is 2. The van der Waals surface area contributed by atoms with Crippen LogP contribution >= 0.6 is 0 Å². The summed E-state index contributed by atoms with van der Waals surface area (Å²) in [6, 6.07) is 9.99. The molecule has 2 aromatic heterocycles. The highest BCUT2D eigenvalue weighted by Crippen LogP contribution is 2.37. The lowest BCUT2D eigenvalue weighted by atomic mass is 10.2. The fraction of sp³-hybridized carbons (Fsp3) is 0.208. The van der Waals surface area contributed by atoms with Crippen molar-refractivity contribution in [3.8, 4) is 11.8 Å². The molecular weight excluding hydrogens is 406 g/mol. The summed E-state index contributed by atoms with van der Waals surface area (Å²) in [6.07, 6.45) is 10.9. The minimum absolute atomic E-state index is 0.456. The number of para-hydroxylation sites is 2. The molecular formula is C24H25N5O3. The van der Waals surface area contributed by atoms with Crippen molar-refractivity contribution in [2.45, 2.75) is 13.3 Å². The molecule has 164 valence electrons. The summed E-state index contributed by atoms with van der Waals surface area (Å²) in [4.78, 5) is 27.3. The minimum atomic E-state index is 0.456. The number of H-pyrrole nitrogens is 1. The van der Waals surface area contributed by atoms with Gasteiger partial charge in [-0.2, -0.15) is 4.98 Å². The molecule has 1 aliphatic carbocycles. The van der Waals surface area contributed by atoms with Crippen LogP contribution in [0, 0.1) is 0 Å². The fourth-order valence-electron chi connectivity index (χ4n) is 3.51. The third-order valence-corrected chi connectivity index (χ3v) is 5.19. The first kappa shape index (κ1) is 21.2. The Morgan fingerprint density at radius 2 is 2.06 bits per heavy atom. The van der Waals surface area contributed by atoms with Crippen molar-refractivity contribution in [1.29, 1.82) is 0 Å². The lowest BCUT2D eigenvalue weighted by Crippen LogP contribution is -2.26. The van der Waals surface area contributed by atoms with Crippen molar-refractivity contribution in [1.82, 2.24) is 15.0 Å². The van der Waals surface area contributed by atoms with Crippen LogP contribution in [0.4, 0.5) is 11.5 Å². The van der Waals surface area contributed by atoms with E-state index in [1.807, 2.05) is 67.4 Å². The molecule has 0 spiro atoms. The van der Waals surface area contributed by atoms with Crippen LogP contribution in [0.5, 0.6) is 11.8 Å². The lowest BCUT2D eigenvalue weighted by Gasteiger charge is -2.27. The zero-order valence-electron chi connectivity index (χ0n) is 18.3.